The van der Waals surface area contributed by atoms with Crippen LogP contribution in [0.5, 0.6) is 5.75 Å². The van der Waals surface area contributed by atoms with Gasteiger partial charge in [0.25, 0.3) is 0 Å². The van der Waals surface area contributed by atoms with Crippen LogP contribution in [-0.2, 0) is 11.2 Å². The highest BCUT2D eigenvalue weighted by Crippen LogP contribution is 2.29. The van der Waals surface area contributed by atoms with E-state index >= 15 is 0 Å². The van der Waals surface area contributed by atoms with Gasteiger partial charge in [-0.15, -0.1) is 0 Å². The summed E-state index contributed by atoms with van der Waals surface area (Å²) in [4.78, 5) is 0. The number of rotatable bonds is 4. The average molecular weight is 275 g/mol. The molecule has 2 heterocycles. The van der Waals surface area contributed by atoms with Gasteiger partial charge in [-0.1, -0.05) is 25.1 Å². The van der Waals surface area contributed by atoms with E-state index in [0.717, 1.165) is 44.6 Å². The van der Waals surface area contributed by atoms with E-state index < -0.39 is 0 Å². The van der Waals surface area contributed by atoms with Crippen molar-refractivity contribution in [1.29, 1.82) is 0 Å². The fraction of sp³-hybridized carbons (Fsp3) is 0.647. The van der Waals surface area contributed by atoms with Gasteiger partial charge in [-0.3, -0.25) is 0 Å². The predicted molar refractivity (Wildman–Crippen MR) is 80.2 cm³/mol. The lowest BCUT2D eigenvalue weighted by molar-refractivity contribution is -0.0784. The van der Waals surface area contributed by atoms with Crippen LogP contribution in [0.3, 0.4) is 0 Å². The number of ether oxygens (including phenoxy) is 2. The first-order chi connectivity index (χ1) is 9.68. The zero-order valence-corrected chi connectivity index (χ0v) is 12.5. The molecule has 20 heavy (non-hydrogen) atoms. The lowest BCUT2D eigenvalue weighted by Crippen LogP contribution is -2.47. The molecule has 2 aliphatic heterocycles. The molecule has 1 aromatic carbocycles. The summed E-state index contributed by atoms with van der Waals surface area (Å²) in [5, 5.41) is 3.68. The summed E-state index contributed by atoms with van der Waals surface area (Å²) in [5.41, 5.74) is 1.39. The molecule has 0 aliphatic carbocycles. The van der Waals surface area contributed by atoms with Crippen molar-refractivity contribution in [2.24, 2.45) is 0 Å². The minimum absolute atomic E-state index is 0.0510. The van der Waals surface area contributed by atoms with E-state index in [2.05, 4.69) is 37.4 Å². The van der Waals surface area contributed by atoms with E-state index in [4.69, 9.17) is 9.47 Å². The van der Waals surface area contributed by atoms with Gasteiger partial charge in [-0.05, 0) is 37.8 Å². The molecular formula is C17H25NO2. The molecule has 2 aliphatic rings. The van der Waals surface area contributed by atoms with Crippen molar-refractivity contribution in [3.05, 3.63) is 29.8 Å². The molecule has 0 radical (unpaired) electrons. The van der Waals surface area contributed by atoms with Crippen LogP contribution in [0, 0.1) is 0 Å². The topological polar surface area (TPSA) is 30.5 Å². The van der Waals surface area contributed by atoms with E-state index in [9.17, 15) is 0 Å². The molecule has 110 valence electrons. The number of para-hydroxylation sites is 1. The van der Waals surface area contributed by atoms with Gasteiger partial charge in [0.15, 0.2) is 0 Å². The standard InChI is InChI=1S/C17H25NO2/c1-3-17(2)11-14(8-9-19-17)18-12-15-10-13-6-4-5-7-16(13)20-15/h4-7,14-15,18H,3,8-12H2,1-2H3. The molecule has 3 nitrogen and oxygen atoms in total. The summed E-state index contributed by atoms with van der Waals surface area (Å²) in [7, 11) is 0. The largest absolute Gasteiger partial charge is 0.488 e. The Balaban J connectivity index is 1.49. The van der Waals surface area contributed by atoms with Crippen LogP contribution >= 0.6 is 0 Å². The fourth-order valence-corrected chi connectivity index (χ4v) is 3.22. The fourth-order valence-electron chi connectivity index (χ4n) is 3.22. The van der Waals surface area contributed by atoms with Crippen molar-refractivity contribution in [3.8, 4) is 5.75 Å². The zero-order valence-electron chi connectivity index (χ0n) is 12.5. The third-order valence-electron chi connectivity index (χ3n) is 4.69. The predicted octanol–water partition coefficient (Wildman–Crippen LogP) is 2.93. The Hall–Kier alpha value is -1.06. The number of hydrogen-bond donors (Lipinski definition) is 1. The number of benzene rings is 1. The second-order valence-corrected chi connectivity index (χ2v) is 6.30. The van der Waals surface area contributed by atoms with Gasteiger partial charge in [0.2, 0.25) is 0 Å². The highest BCUT2D eigenvalue weighted by molar-refractivity contribution is 5.37. The van der Waals surface area contributed by atoms with Crippen LogP contribution in [0.1, 0.15) is 38.7 Å². The summed E-state index contributed by atoms with van der Waals surface area (Å²) in [6, 6.07) is 8.92. The minimum atomic E-state index is 0.0510. The third-order valence-corrected chi connectivity index (χ3v) is 4.69. The van der Waals surface area contributed by atoms with E-state index in [1.54, 1.807) is 0 Å². The highest BCUT2D eigenvalue weighted by Gasteiger charge is 2.32. The maximum absolute atomic E-state index is 5.98. The van der Waals surface area contributed by atoms with Gasteiger partial charge in [0, 0.05) is 25.6 Å². The van der Waals surface area contributed by atoms with E-state index in [0.29, 0.717) is 6.04 Å². The Morgan fingerprint density at radius 1 is 1.35 bits per heavy atom. The zero-order chi connectivity index (χ0) is 14.0. The van der Waals surface area contributed by atoms with Gasteiger partial charge in [-0.2, -0.15) is 0 Å². The Morgan fingerprint density at radius 2 is 2.20 bits per heavy atom. The molecule has 0 aromatic heterocycles. The summed E-state index contributed by atoms with van der Waals surface area (Å²) < 4.78 is 11.9. The molecule has 3 rings (SSSR count). The molecule has 3 heteroatoms. The second-order valence-electron chi connectivity index (χ2n) is 6.30. The van der Waals surface area contributed by atoms with Crippen molar-refractivity contribution in [3.63, 3.8) is 0 Å². The molecule has 3 atom stereocenters. The number of hydrogen-bond acceptors (Lipinski definition) is 3. The van der Waals surface area contributed by atoms with Crippen LogP contribution < -0.4 is 10.1 Å². The van der Waals surface area contributed by atoms with Crippen molar-refractivity contribution in [1.82, 2.24) is 5.32 Å². The third kappa shape index (κ3) is 2.99. The molecular weight excluding hydrogens is 250 g/mol. The van der Waals surface area contributed by atoms with Crippen LogP contribution in [0.15, 0.2) is 24.3 Å². The van der Waals surface area contributed by atoms with E-state index in [1.807, 2.05) is 6.07 Å². The second kappa shape index (κ2) is 5.74. The Kier molecular flexibility index (Phi) is 3.99. The smallest absolute Gasteiger partial charge is 0.123 e. The normalized spacial score (nSPS) is 32.7. The maximum atomic E-state index is 5.98. The first-order valence-electron chi connectivity index (χ1n) is 7.80. The minimum Gasteiger partial charge on any atom is -0.488 e. The van der Waals surface area contributed by atoms with Crippen LogP contribution in [0.25, 0.3) is 0 Å². The molecule has 3 unspecified atom stereocenters. The van der Waals surface area contributed by atoms with Gasteiger partial charge < -0.3 is 14.8 Å². The summed E-state index contributed by atoms with van der Waals surface area (Å²) >= 11 is 0. The van der Waals surface area contributed by atoms with Crippen LogP contribution in [-0.4, -0.2) is 30.9 Å². The van der Waals surface area contributed by atoms with Crippen LogP contribution in [0.2, 0.25) is 0 Å². The first-order valence-corrected chi connectivity index (χ1v) is 7.80. The maximum Gasteiger partial charge on any atom is 0.123 e. The number of fused-ring (bicyclic) bond motifs is 1. The Bertz CT molecular complexity index is 437. The summed E-state index contributed by atoms with van der Waals surface area (Å²) in [6.45, 7) is 6.23. The molecule has 0 saturated carbocycles. The van der Waals surface area contributed by atoms with Gasteiger partial charge in [0.05, 0.1) is 5.60 Å². The SMILES string of the molecule is CCC1(C)CC(NCC2Cc3ccccc3O2)CCO1. The van der Waals surface area contributed by atoms with E-state index in [1.165, 1.54) is 5.56 Å². The highest BCUT2D eigenvalue weighted by atomic mass is 16.5. The van der Waals surface area contributed by atoms with Crippen molar-refractivity contribution < 1.29 is 9.47 Å². The van der Waals surface area contributed by atoms with E-state index in [-0.39, 0.29) is 11.7 Å². The Morgan fingerprint density at radius 3 is 3.00 bits per heavy atom. The Labute approximate surface area is 121 Å². The molecule has 0 amide bonds. The van der Waals surface area contributed by atoms with Crippen molar-refractivity contribution >= 4 is 0 Å². The lowest BCUT2D eigenvalue weighted by atomic mass is 9.90. The van der Waals surface area contributed by atoms with Crippen LogP contribution in [0.4, 0.5) is 0 Å². The monoisotopic (exact) mass is 275 g/mol. The van der Waals surface area contributed by atoms with Gasteiger partial charge in [-0.25, -0.2) is 0 Å². The van der Waals surface area contributed by atoms with Crippen molar-refractivity contribution in [2.45, 2.75) is 57.3 Å². The molecule has 0 spiro atoms. The summed E-state index contributed by atoms with van der Waals surface area (Å²) in [6.07, 6.45) is 4.59. The molecule has 1 saturated heterocycles. The van der Waals surface area contributed by atoms with Gasteiger partial charge >= 0.3 is 0 Å². The average Bonchev–Trinajstić information content (AvgIpc) is 2.88. The molecule has 1 N–H and O–H groups in total. The van der Waals surface area contributed by atoms with Gasteiger partial charge in [0.1, 0.15) is 11.9 Å². The lowest BCUT2D eigenvalue weighted by Gasteiger charge is -2.38. The molecule has 1 fully saturated rings. The molecule has 1 aromatic rings. The summed E-state index contributed by atoms with van der Waals surface area (Å²) in [5.74, 6) is 1.06. The molecule has 0 bridgehead atoms. The quantitative estimate of drug-likeness (QED) is 0.916. The number of nitrogens with one attached hydrogen (secondary N) is 1. The first kappa shape index (κ1) is 13.9. The van der Waals surface area contributed by atoms with Crippen molar-refractivity contribution in [2.75, 3.05) is 13.2 Å².